The van der Waals surface area contributed by atoms with Crippen molar-refractivity contribution in [1.29, 1.82) is 5.26 Å². The molecule has 0 aliphatic rings. The van der Waals surface area contributed by atoms with Crippen LogP contribution in [-0.2, 0) is 10.0 Å². The number of carbonyl (C=O) groups excluding carboxylic acids is 1. The third kappa shape index (κ3) is 4.55. The van der Waals surface area contributed by atoms with Gasteiger partial charge in [0.05, 0.1) is 16.5 Å². The van der Waals surface area contributed by atoms with Gasteiger partial charge in [-0.1, -0.05) is 17.7 Å². The molecule has 28 heavy (non-hydrogen) atoms. The molecule has 3 rings (SSSR count). The van der Waals surface area contributed by atoms with E-state index in [1.807, 2.05) is 13.0 Å². The second kappa shape index (κ2) is 7.94. The van der Waals surface area contributed by atoms with Gasteiger partial charge in [0.1, 0.15) is 0 Å². The van der Waals surface area contributed by atoms with Crippen molar-refractivity contribution in [3.05, 3.63) is 89.5 Å². The van der Waals surface area contributed by atoms with Gasteiger partial charge in [-0.15, -0.1) is 0 Å². The van der Waals surface area contributed by atoms with E-state index >= 15 is 0 Å². The molecule has 0 unspecified atom stereocenters. The number of hydrogen-bond donors (Lipinski definition) is 2. The molecule has 0 heterocycles. The Bertz CT molecular complexity index is 1130. The molecule has 0 spiro atoms. The summed E-state index contributed by atoms with van der Waals surface area (Å²) in [7, 11) is -3.68. The largest absolute Gasteiger partial charge is 0.322 e. The Kier molecular flexibility index (Phi) is 5.43. The maximum absolute atomic E-state index is 12.4. The van der Waals surface area contributed by atoms with Gasteiger partial charge in [0, 0.05) is 16.9 Å². The Morgan fingerprint density at radius 3 is 2.00 bits per heavy atom. The van der Waals surface area contributed by atoms with Gasteiger partial charge in [-0.3, -0.25) is 9.52 Å². The van der Waals surface area contributed by atoms with Gasteiger partial charge in [0.15, 0.2) is 0 Å². The molecule has 1 amide bonds. The van der Waals surface area contributed by atoms with Crippen molar-refractivity contribution in [1.82, 2.24) is 0 Å². The fraction of sp³-hybridized carbons (Fsp3) is 0.0476. The maximum Gasteiger partial charge on any atom is 0.261 e. The van der Waals surface area contributed by atoms with Gasteiger partial charge in [-0.05, 0) is 67.6 Å². The predicted octanol–water partition coefficient (Wildman–Crippen LogP) is 3.92. The molecule has 0 radical (unpaired) electrons. The van der Waals surface area contributed by atoms with E-state index in [0.29, 0.717) is 22.5 Å². The number of nitriles is 1. The molecular weight excluding hydrogens is 374 g/mol. The van der Waals surface area contributed by atoms with E-state index in [1.165, 1.54) is 0 Å². The fourth-order valence-electron chi connectivity index (χ4n) is 2.45. The number of rotatable bonds is 5. The highest BCUT2D eigenvalue weighted by Crippen LogP contribution is 2.19. The van der Waals surface area contributed by atoms with Crippen LogP contribution in [0.1, 0.15) is 21.5 Å². The monoisotopic (exact) mass is 391 g/mol. The van der Waals surface area contributed by atoms with Crippen LogP contribution in [0, 0.1) is 18.3 Å². The number of amides is 1. The number of carbonyl (C=O) groups is 1. The zero-order valence-corrected chi connectivity index (χ0v) is 15.8. The van der Waals surface area contributed by atoms with E-state index in [-0.39, 0.29) is 10.8 Å². The molecule has 0 saturated carbocycles. The molecule has 7 heteroatoms. The lowest BCUT2D eigenvalue weighted by molar-refractivity contribution is 0.102. The number of aryl methyl sites for hydroxylation is 1. The summed E-state index contributed by atoms with van der Waals surface area (Å²) in [6.07, 6.45) is 0. The first-order chi connectivity index (χ1) is 13.4. The van der Waals surface area contributed by atoms with Crippen molar-refractivity contribution in [2.45, 2.75) is 11.8 Å². The smallest absolute Gasteiger partial charge is 0.261 e. The molecule has 0 aliphatic carbocycles. The maximum atomic E-state index is 12.4. The molecule has 6 nitrogen and oxygen atoms in total. The third-order valence-corrected chi connectivity index (χ3v) is 5.40. The molecule has 0 bridgehead atoms. The van der Waals surface area contributed by atoms with Crippen LogP contribution in [-0.4, -0.2) is 14.3 Å². The lowest BCUT2D eigenvalue weighted by Crippen LogP contribution is -2.13. The highest BCUT2D eigenvalue weighted by molar-refractivity contribution is 7.92. The SMILES string of the molecule is Cc1ccc(S(=O)(=O)Nc2ccc(NC(=O)c3ccc(C#N)cc3)cc2)cc1. The van der Waals surface area contributed by atoms with Gasteiger partial charge in [0.2, 0.25) is 0 Å². The summed E-state index contributed by atoms with van der Waals surface area (Å²) in [6.45, 7) is 1.88. The summed E-state index contributed by atoms with van der Waals surface area (Å²) >= 11 is 0. The number of sulfonamides is 1. The summed E-state index contributed by atoms with van der Waals surface area (Å²) in [4.78, 5) is 12.4. The number of hydrogen-bond acceptors (Lipinski definition) is 4. The van der Waals surface area contributed by atoms with Crippen LogP contribution in [0.5, 0.6) is 0 Å². The topological polar surface area (TPSA) is 99.1 Å². The summed E-state index contributed by atoms with van der Waals surface area (Å²) in [5.74, 6) is -0.322. The van der Waals surface area contributed by atoms with Gasteiger partial charge in [-0.2, -0.15) is 5.26 Å². The minimum absolute atomic E-state index is 0.177. The molecule has 0 aliphatic heterocycles. The minimum atomic E-state index is -3.68. The summed E-state index contributed by atoms with van der Waals surface area (Å²) in [5.41, 5.74) is 2.77. The van der Waals surface area contributed by atoms with Crippen molar-refractivity contribution in [2.24, 2.45) is 0 Å². The molecule has 3 aromatic carbocycles. The summed E-state index contributed by atoms with van der Waals surface area (Å²) in [6, 6.07) is 21.2. The lowest BCUT2D eigenvalue weighted by Gasteiger charge is -2.10. The molecule has 0 saturated heterocycles. The van der Waals surface area contributed by atoms with Crippen molar-refractivity contribution in [3.8, 4) is 6.07 Å². The minimum Gasteiger partial charge on any atom is -0.322 e. The van der Waals surface area contributed by atoms with Crippen molar-refractivity contribution in [2.75, 3.05) is 10.0 Å². The van der Waals surface area contributed by atoms with Crippen LogP contribution in [0.15, 0.2) is 77.7 Å². The first-order valence-electron chi connectivity index (χ1n) is 8.38. The standard InChI is InChI=1S/C21H17N3O3S/c1-15-2-12-20(13-3-15)28(26,27)24-19-10-8-18(9-11-19)23-21(25)17-6-4-16(14-22)5-7-17/h2-13,24H,1H3,(H,23,25). The van der Waals surface area contributed by atoms with Crippen LogP contribution in [0.2, 0.25) is 0 Å². The molecular formula is C21H17N3O3S. The molecule has 2 N–H and O–H groups in total. The molecule has 140 valence electrons. The highest BCUT2D eigenvalue weighted by atomic mass is 32.2. The second-order valence-corrected chi connectivity index (χ2v) is 7.82. The molecule has 0 aromatic heterocycles. The third-order valence-electron chi connectivity index (χ3n) is 4.00. The van der Waals surface area contributed by atoms with E-state index in [1.54, 1.807) is 72.8 Å². The Morgan fingerprint density at radius 1 is 0.857 bits per heavy atom. The van der Waals surface area contributed by atoms with Gasteiger partial charge in [-0.25, -0.2) is 8.42 Å². The van der Waals surface area contributed by atoms with Crippen LogP contribution < -0.4 is 10.0 Å². The van der Waals surface area contributed by atoms with Crippen LogP contribution in [0.4, 0.5) is 11.4 Å². The van der Waals surface area contributed by atoms with Crippen LogP contribution >= 0.6 is 0 Å². The van der Waals surface area contributed by atoms with Gasteiger partial charge in [0.25, 0.3) is 15.9 Å². The van der Waals surface area contributed by atoms with Crippen molar-refractivity contribution in [3.63, 3.8) is 0 Å². The fourth-order valence-corrected chi connectivity index (χ4v) is 3.51. The molecule has 0 atom stereocenters. The zero-order valence-electron chi connectivity index (χ0n) is 15.0. The average molecular weight is 391 g/mol. The number of anilines is 2. The number of nitrogens with one attached hydrogen (secondary N) is 2. The number of benzene rings is 3. The van der Waals surface area contributed by atoms with E-state index in [0.717, 1.165) is 5.56 Å². The highest BCUT2D eigenvalue weighted by Gasteiger charge is 2.14. The molecule has 3 aromatic rings. The van der Waals surface area contributed by atoms with Crippen molar-refractivity contribution >= 4 is 27.3 Å². The first-order valence-corrected chi connectivity index (χ1v) is 9.87. The summed E-state index contributed by atoms with van der Waals surface area (Å²) < 4.78 is 27.3. The number of nitrogens with zero attached hydrogens (tertiary/aromatic N) is 1. The van der Waals surface area contributed by atoms with E-state index in [2.05, 4.69) is 10.0 Å². The summed E-state index contributed by atoms with van der Waals surface area (Å²) in [5, 5.41) is 11.5. The van der Waals surface area contributed by atoms with E-state index < -0.39 is 10.0 Å². The Morgan fingerprint density at radius 2 is 1.43 bits per heavy atom. The van der Waals surface area contributed by atoms with E-state index in [9.17, 15) is 13.2 Å². The Hall–Kier alpha value is -3.63. The Labute approximate surface area is 163 Å². The lowest BCUT2D eigenvalue weighted by atomic mass is 10.1. The predicted molar refractivity (Wildman–Crippen MR) is 108 cm³/mol. The molecule has 0 fully saturated rings. The van der Waals surface area contributed by atoms with E-state index in [4.69, 9.17) is 5.26 Å². The second-order valence-electron chi connectivity index (χ2n) is 6.14. The zero-order chi connectivity index (χ0) is 20.1. The Balaban J connectivity index is 1.68. The van der Waals surface area contributed by atoms with Gasteiger partial charge >= 0.3 is 0 Å². The van der Waals surface area contributed by atoms with Gasteiger partial charge < -0.3 is 5.32 Å². The normalized spacial score (nSPS) is 10.7. The first kappa shape index (κ1) is 19.1. The average Bonchev–Trinajstić information content (AvgIpc) is 2.69. The quantitative estimate of drug-likeness (QED) is 0.688. The van der Waals surface area contributed by atoms with Crippen molar-refractivity contribution < 1.29 is 13.2 Å². The van der Waals surface area contributed by atoms with Crippen LogP contribution in [0.25, 0.3) is 0 Å². The van der Waals surface area contributed by atoms with Crippen LogP contribution in [0.3, 0.4) is 0 Å².